The molecule has 1 fully saturated rings. The molecule has 2 aromatic rings. The van der Waals surface area contributed by atoms with Gasteiger partial charge in [0.2, 0.25) is 11.8 Å². The molecule has 2 heterocycles. The SMILES string of the molecule is COCCN1CCN(C(=O)[C@@H]2CCC(=O)N[C@@H](C)COc3ccccc3C(=O)NCCCOc3ccccc3C(=O)N2)CC1. The van der Waals surface area contributed by atoms with Crippen LogP contribution in [0.4, 0.5) is 0 Å². The number of carbonyl (C=O) groups is 4. The molecule has 12 nitrogen and oxygen atoms in total. The van der Waals surface area contributed by atoms with Crippen LogP contribution in [0.5, 0.6) is 11.5 Å². The summed E-state index contributed by atoms with van der Waals surface area (Å²) < 4.78 is 17.0. The molecule has 2 aromatic carbocycles. The van der Waals surface area contributed by atoms with Gasteiger partial charge in [-0.25, -0.2) is 0 Å². The summed E-state index contributed by atoms with van der Waals surface area (Å²) >= 11 is 0. The summed E-state index contributed by atoms with van der Waals surface area (Å²) in [6.07, 6.45) is 0.650. The molecule has 4 amide bonds. The van der Waals surface area contributed by atoms with E-state index in [1.807, 2.05) is 0 Å². The smallest absolute Gasteiger partial charge is 0.255 e. The second-order valence-corrected chi connectivity index (χ2v) is 11.0. The molecule has 44 heavy (non-hydrogen) atoms. The number of amides is 4. The summed E-state index contributed by atoms with van der Waals surface area (Å²) in [7, 11) is 1.66. The van der Waals surface area contributed by atoms with Crippen molar-refractivity contribution >= 4 is 23.6 Å². The number of ether oxygens (including phenoxy) is 3. The molecule has 0 aromatic heterocycles. The minimum Gasteiger partial charge on any atom is -0.493 e. The normalized spacial score (nSPS) is 21.3. The molecule has 0 saturated carbocycles. The third kappa shape index (κ3) is 9.42. The fourth-order valence-electron chi connectivity index (χ4n) is 5.12. The number of fused-ring (bicyclic) bond motifs is 2. The Labute approximate surface area is 258 Å². The Morgan fingerprint density at radius 2 is 1.57 bits per heavy atom. The largest absolute Gasteiger partial charge is 0.493 e. The first-order chi connectivity index (χ1) is 21.4. The number of rotatable bonds is 4. The first kappa shape index (κ1) is 32.7. The molecule has 238 valence electrons. The lowest BCUT2D eigenvalue weighted by molar-refractivity contribution is -0.135. The second kappa shape index (κ2) is 16.6. The van der Waals surface area contributed by atoms with Crippen molar-refractivity contribution in [1.29, 1.82) is 0 Å². The Morgan fingerprint density at radius 3 is 2.27 bits per heavy atom. The van der Waals surface area contributed by atoms with Crippen LogP contribution in [0.25, 0.3) is 0 Å². The first-order valence-electron chi connectivity index (χ1n) is 15.2. The van der Waals surface area contributed by atoms with Crippen LogP contribution in [0, 0.1) is 0 Å². The molecule has 0 unspecified atom stereocenters. The van der Waals surface area contributed by atoms with Crippen molar-refractivity contribution in [3.8, 4) is 11.5 Å². The summed E-state index contributed by atoms with van der Waals surface area (Å²) in [6.45, 7) is 6.41. The van der Waals surface area contributed by atoms with Crippen LogP contribution in [0.15, 0.2) is 48.5 Å². The van der Waals surface area contributed by atoms with Crippen molar-refractivity contribution in [2.45, 2.75) is 38.3 Å². The van der Waals surface area contributed by atoms with E-state index in [9.17, 15) is 19.2 Å². The van der Waals surface area contributed by atoms with E-state index in [0.29, 0.717) is 62.8 Å². The maximum absolute atomic E-state index is 13.7. The zero-order valence-electron chi connectivity index (χ0n) is 25.5. The lowest BCUT2D eigenvalue weighted by Crippen LogP contribution is -2.55. The average Bonchev–Trinajstić information content (AvgIpc) is 3.04. The van der Waals surface area contributed by atoms with Crippen molar-refractivity contribution in [1.82, 2.24) is 25.8 Å². The van der Waals surface area contributed by atoms with Crippen LogP contribution in [0.2, 0.25) is 0 Å². The Kier molecular flexibility index (Phi) is 12.4. The van der Waals surface area contributed by atoms with Crippen LogP contribution in [-0.2, 0) is 14.3 Å². The minimum absolute atomic E-state index is 0.0198. The Balaban J connectivity index is 1.50. The van der Waals surface area contributed by atoms with Crippen molar-refractivity contribution in [2.75, 3.05) is 66.2 Å². The molecule has 1 saturated heterocycles. The number of para-hydroxylation sites is 2. The highest BCUT2D eigenvalue weighted by molar-refractivity contribution is 6.00. The van der Waals surface area contributed by atoms with E-state index in [1.54, 1.807) is 67.5 Å². The molecule has 0 bridgehead atoms. The predicted molar refractivity (Wildman–Crippen MR) is 164 cm³/mol. The van der Waals surface area contributed by atoms with Crippen LogP contribution >= 0.6 is 0 Å². The summed E-state index contributed by atoms with van der Waals surface area (Å²) in [6, 6.07) is 12.5. The standard InChI is InChI=1S/C32H43N5O7/c1-23-22-44-28-11-6-3-8-24(28)30(39)33-14-7-20-43-27-10-5-4-9-25(27)31(40)35-26(12-13-29(38)34-23)32(41)37-17-15-36(16-18-37)19-21-42-2/h3-6,8-11,23,26H,7,12-22H2,1-2H3,(H,33,39)(H,34,38)(H,35,40)/t23-,26-/m0/s1. The highest BCUT2D eigenvalue weighted by Gasteiger charge is 2.30. The van der Waals surface area contributed by atoms with Crippen LogP contribution in [0.1, 0.15) is 46.9 Å². The number of piperazine rings is 1. The van der Waals surface area contributed by atoms with Crippen molar-refractivity contribution < 1.29 is 33.4 Å². The lowest BCUT2D eigenvalue weighted by atomic mass is 10.1. The van der Waals surface area contributed by atoms with E-state index < -0.39 is 11.9 Å². The molecule has 2 aliphatic heterocycles. The van der Waals surface area contributed by atoms with Crippen LogP contribution < -0.4 is 25.4 Å². The highest BCUT2D eigenvalue weighted by atomic mass is 16.5. The molecule has 12 heteroatoms. The Morgan fingerprint density at radius 1 is 0.909 bits per heavy atom. The van der Waals surface area contributed by atoms with Gasteiger partial charge in [-0.15, -0.1) is 0 Å². The molecule has 2 aliphatic rings. The van der Waals surface area contributed by atoms with Gasteiger partial charge in [-0.3, -0.25) is 24.1 Å². The van der Waals surface area contributed by atoms with Gasteiger partial charge in [0.1, 0.15) is 24.1 Å². The molecular weight excluding hydrogens is 566 g/mol. The second-order valence-electron chi connectivity index (χ2n) is 11.0. The molecule has 0 radical (unpaired) electrons. The number of hydrogen-bond acceptors (Lipinski definition) is 8. The predicted octanol–water partition coefficient (Wildman–Crippen LogP) is 1.45. The topological polar surface area (TPSA) is 139 Å². The summed E-state index contributed by atoms with van der Waals surface area (Å²) in [5, 5.41) is 8.65. The number of benzene rings is 2. The van der Waals surface area contributed by atoms with Crippen molar-refractivity contribution in [2.24, 2.45) is 0 Å². The molecule has 2 atom stereocenters. The number of carbonyl (C=O) groups excluding carboxylic acids is 4. The van der Waals surface area contributed by atoms with Crippen molar-refractivity contribution in [3.05, 3.63) is 59.7 Å². The van der Waals surface area contributed by atoms with Gasteiger partial charge in [-0.2, -0.15) is 0 Å². The molecule has 0 aliphatic carbocycles. The van der Waals surface area contributed by atoms with Gasteiger partial charge in [0, 0.05) is 52.8 Å². The fraction of sp³-hybridized carbons (Fsp3) is 0.500. The lowest BCUT2D eigenvalue weighted by Gasteiger charge is -2.36. The van der Waals surface area contributed by atoms with Crippen LogP contribution in [0.3, 0.4) is 0 Å². The van der Waals surface area contributed by atoms with Gasteiger partial charge in [0.25, 0.3) is 11.8 Å². The number of hydrogen-bond donors (Lipinski definition) is 3. The third-order valence-corrected chi connectivity index (χ3v) is 7.58. The van der Waals surface area contributed by atoms with Crippen LogP contribution in [-0.4, -0.2) is 112 Å². The van der Waals surface area contributed by atoms with Gasteiger partial charge in [-0.1, -0.05) is 24.3 Å². The number of methoxy groups -OCH3 is 1. The van der Waals surface area contributed by atoms with Gasteiger partial charge in [0.15, 0.2) is 0 Å². The number of nitrogens with zero attached hydrogens (tertiary/aromatic N) is 2. The zero-order chi connectivity index (χ0) is 31.3. The summed E-state index contributed by atoms with van der Waals surface area (Å²) in [5.74, 6) is -0.448. The van der Waals surface area contributed by atoms with E-state index in [2.05, 4.69) is 20.9 Å². The third-order valence-electron chi connectivity index (χ3n) is 7.58. The van der Waals surface area contributed by atoms with Gasteiger partial charge < -0.3 is 35.1 Å². The quantitative estimate of drug-likeness (QED) is 0.474. The van der Waals surface area contributed by atoms with Gasteiger partial charge in [0.05, 0.1) is 30.4 Å². The fourth-order valence-corrected chi connectivity index (χ4v) is 5.12. The Bertz CT molecular complexity index is 1280. The summed E-state index contributed by atoms with van der Waals surface area (Å²) in [5.41, 5.74) is 0.682. The van der Waals surface area contributed by atoms with Crippen molar-refractivity contribution in [3.63, 3.8) is 0 Å². The maximum Gasteiger partial charge on any atom is 0.255 e. The van der Waals surface area contributed by atoms with E-state index in [1.165, 1.54) is 0 Å². The monoisotopic (exact) mass is 609 g/mol. The summed E-state index contributed by atoms with van der Waals surface area (Å²) in [4.78, 5) is 56.9. The minimum atomic E-state index is -0.897. The van der Waals surface area contributed by atoms with E-state index in [-0.39, 0.29) is 55.4 Å². The Hall–Kier alpha value is -4.16. The molecular formula is C32H43N5O7. The number of nitrogens with one attached hydrogen (secondary N) is 3. The first-order valence-corrected chi connectivity index (χ1v) is 15.2. The molecule has 0 spiro atoms. The highest BCUT2D eigenvalue weighted by Crippen LogP contribution is 2.20. The van der Waals surface area contributed by atoms with E-state index in [4.69, 9.17) is 14.2 Å². The van der Waals surface area contributed by atoms with E-state index in [0.717, 1.165) is 6.54 Å². The average molecular weight is 610 g/mol. The molecule has 4 rings (SSSR count). The van der Waals surface area contributed by atoms with Gasteiger partial charge >= 0.3 is 0 Å². The van der Waals surface area contributed by atoms with Gasteiger partial charge in [-0.05, 0) is 44.0 Å². The maximum atomic E-state index is 13.7. The van der Waals surface area contributed by atoms with E-state index >= 15 is 0 Å². The molecule has 3 N–H and O–H groups in total. The zero-order valence-corrected chi connectivity index (χ0v) is 25.5.